The topological polar surface area (TPSA) is 87.0 Å². The summed E-state index contributed by atoms with van der Waals surface area (Å²) in [5, 5.41) is 14.8. The molecule has 17 heavy (non-hydrogen) atoms. The lowest BCUT2D eigenvalue weighted by molar-refractivity contribution is -0.384. The van der Waals surface area contributed by atoms with Gasteiger partial charge in [-0.1, -0.05) is 0 Å². The highest BCUT2D eigenvalue weighted by atomic mass is 19.1. The monoisotopic (exact) mass is 236 g/mol. The third kappa shape index (κ3) is 1.94. The van der Waals surface area contributed by atoms with Gasteiger partial charge in [-0.3, -0.25) is 10.1 Å². The van der Waals surface area contributed by atoms with Crippen LogP contribution in [0.15, 0.2) is 24.3 Å². The first-order valence-corrected chi connectivity index (χ1v) is 4.75. The van der Waals surface area contributed by atoms with Gasteiger partial charge in [0.25, 0.3) is 5.69 Å². The lowest BCUT2D eigenvalue weighted by atomic mass is 10.2. The number of aromatic nitrogens is 2. The number of nitro groups is 1. The van der Waals surface area contributed by atoms with Crippen molar-refractivity contribution < 1.29 is 9.31 Å². The van der Waals surface area contributed by atoms with Gasteiger partial charge >= 0.3 is 0 Å². The van der Waals surface area contributed by atoms with Crippen LogP contribution in [0.1, 0.15) is 5.69 Å². The van der Waals surface area contributed by atoms with E-state index < -0.39 is 10.7 Å². The third-order valence-electron chi connectivity index (χ3n) is 2.27. The van der Waals surface area contributed by atoms with E-state index in [9.17, 15) is 14.5 Å². The van der Waals surface area contributed by atoms with E-state index in [4.69, 9.17) is 5.73 Å². The van der Waals surface area contributed by atoms with Crippen molar-refractivity contribution in [1.29, 1.82) is 0 Å². The average molecular weight is 236 g/mol. The molecule has 0 saturated carbocycles. The third-order valence-corrected chi connectivity index (χ3v) is 2.27. The molecule has 0 aliphatic rings. The Bertz CT molecular complexity index is 594. The van der Waals surface area contributed by atoms with Crippen LogP contribution in [0.25, 0.3) is 5.69 Å². The van der Waals surface area contributed by atoms with Gasteiger partial charge in [0.1, 0.15) is 17.3 Å². The Kier molecular flexibility index (Phi) is 2.51. The van der Waals surface area contributed by atoms with Crippen molar-refractivity contribution in [1.82, 2.24) is 9.78 Å². The summed E-state index contributed by atoms with van der Waals surface area (Å²) >= 11 is 0. The van der Waals surface area contributed by atoms with Crippen LogP contribution < -0.4 is 5.73 Å². The van der Waals surface area contributed by atoms with E-state index in [1.165, 1.54) is 10.7 Å². The van der Waals surface area contributed by atoms with Crippen molar-refractivity contribution in [2.24, 2.45) is 0 Å². The number of nitrogen functional groups attached to an aromatic ring is 1. The molecule has 6 nitrogen and oxygen atoms in total. The standard InChI is InChI=1S/C10H9FN4O2/c1-6-4-10(12)13-14(6)8-3-2-7(11)5-9(8)15(16)17/h2-5H,1H3,(H2,12,13). The van der Waals surface area contributed by atoms with Crippen LogP contribution in [0.3, 0.4) is 0 Å². The largest absolute Gasteiger partial charge is 0.382 e. The molecule has 0 bridgehead atoms. The number of nitrogens with two attached hydrogens (primary N) is 1. The molecule has 2 N–H and O–H groups in total. The smallest absolute Gasteiger partial charge is 0.297 e. The van der Waals surface area contributed by atoms with Crippen molar-refractivity contribution in [3.05, 3.63) is 45.9 Å². The molecule has 0 fully saturated rings. The second kappa shape index (κ2) is 3.85. The Balaban J connectivity index is 2.67. The molecule has 0 atom stereocenters. The summed E-state index contributed by atoms with van der Waals surface area (Å²) in [6.45, 7) is 1.70. The Labute approximate surface area is 95.6 Å². The number of rotatable bonds is 2. The average Bonchev–Trinajstić information content (AvgIpc) is 2.57. The van der Waals surface area contributed by atoms with Crippen molar-refractivity contribution in [2.75, 3.05) is 5.73 Å². The van der Waals surface area contributed by atoms with Gasteiger partial charge in [0.15, 0.2) is 0 Å². The Morgan fingerprint density at radius 1 is 1.47 bits per heavy atom. The van der Waals surface area contributed by atoms with E-state index in [0.29, 0.717) is 5.69 Å². The molecule has 2 aromatic rings. The fourth-order valence-corrected chi connectivity index (χ4v) is 1.56. The van der Waals surface area contributed by atoms with Crippen LogP contribution in [0.2, 0.25) is 0 Å². The zero-order chi connectivity index (χ0) is 12.6. The molecule has 1 heterocycles. The van der Waals surface area contributed by atoms with Crippen molar-refractivity contribution in [3.63, 3.8) is 0 Å². The van der Waals surface area contributed by atoms with E-state index >= 15 is 0 Å². The quantitative estimate of drug-likeness (QED) is 0.636. The summed E-state index contributed by atoms with van der Waals surface area (Å²) in [7, 11) is 0. The fourth-order valence-electron chi connectivity index (χ4n) is 1.56. The first-order chi connectivity index (χ1) is 7.99. The molecular weight excluding hydrogens is 227 g/mol. The zero-order valence-corrected chi connectivity index (χ0v) is 8.92. The predicted molar refractivity (Wildman–Crippen MR) is 59.3 cm³/mol. The molecule has 1 aromatic carbocycles. The maximum Gasteiger partial charge on any atom is 0.297 e. The maximum atomic E-state index is 13.0. The molecule has 0 unspecified atom stereocenters. The summed E-state index contributed by atoms with van der Waals surface area (Å²) in [6, 6.07) is 4.87. The molecule has 0 radical (unpaired) electrons. The molecule has 7 heteroatoms. The molecule has 0 amide bonds. The zero-order valence-electron chi connectivity index (χ0n) is 8.92. The number of halogens is 1. The number of nitro benzene ring substituents is 1. The summed E-state index contributed by atoms with van der Waals surface area (Å²) < 4.78 is 14.3. The van der Waals surface area contributed by atoms with Gasteiger partial charge in [-0.2, -0.15) is 5.10 Å². The van der Waals surface area contributed by atoms with Gasteiger partial charge in [0, 0.05) is 11.8 Å². The first-order valence-electron chi connectivity index (χ1n) is 4.75. The highest BCUT2D eigenvalue weighted by molar-refractivity contribution is 5.53. The molecule has 0 aliphatic carbocycles. The summed E-state index contributed by atoms with van der Waals surface area (Å²) in [5.74, 6) is -0.417. The lowest BCUT2D eigenvalue weighted by Gasteiger charge is -2.04. The molecule has 0 aliphatic heterocycles. The number of nitrogens with zero attached hydrogens (tertiary/aromatic N) is 3. The van der Waals surface area contributed by atoms with Crippen molar-refractivity contribution in [3.8, 4) is 5.69 Å². The lowest BCUT2D eigenvalue weighted by Crippen LogP contribution is -2.04. The maximum absolute atomic E-state index is 13.0. The van der Waals surface area contributed by atoms with Crippen LogP contribution in [-0.4, -0.2) is 14.7 Å². The summed E-state index contributed by atoms with van der Waals surface area (Å²) in [5.41, 5.74) is 5.97. The summed E-state index contributed by atoms with van der Waals surface area (Å²) in [4.78, 5) is 10.2. The van der Waals surface area contributed by atoms with Crippen LogP contribution in [0, 0.1) is 22.9 Å². The van der Waals surface area contributed by atoms with E-state index in [1.807, 2.05) is 0 Å². The predicted octanol–water partition coefficient (Wildman–Crippen LogP) is 1.81. The molecule has 0 saturated heterocycles. The van der Waals surface area contributed by atoms with Crippen LogP contribution in [0.4, 0.5) is 15.9 Å². The van der Waals surface area contributed by atoms with Gasteiger partial charge < -0.3 is 5.73 Å². The van der Waals surface area contributed by atoms with Crippen molar-refractivity contribution >= 4 is 11.5 Å². The second-order valence-corrected chi connectivity index (χ2v) is 3.51. The van der Waals surface area contributed by atoms with E-state index in [-0.39, 0.29) is 17.2 Å². The normalized spacial score (nSPS) is 10.5. The number of hydrogen-bond acceptors (Lipinski definition) is 4. The van der Waals surface area contributed by atoms with E-state index in [2.05, 4.69) is 5.10 Å². The summed E-state index contributed by atoms with van der Waals surface area (Å²) in [6.07, 6.45) is 0. The minimum Gasteiger partial charge on any atom is -0.382 e. The molecule has 1 aromatic heterocycles. The highest BCUT2D eigenvalue weighted by Crippen LogP contribution is 2.25. The molecular formula is C10H9FN4O2. The minimum absolute atomic E-state index is 0.186. The Morgan fingerprint density at radius 2 is 2.18 bits per heavy atom. The minimum atomic E-state index is -0.668. The van der Waals surface area contributed by atoms with Crippen LogP contribution >= 0.6 is 0 Å². The Morgan fingerprint density at radius 3 is 2.71 bits per heavy atom. The highest BCUT2D eigenvalue weighted by Gasteiger charge is 2.18. The molecule has 88 valence electrons. The second-order valence-electron chi connectivity index (χ2n) is 3.51. The van der Waals surface area contributed by atoms with Gasteiger partial charge in [-0.15, -0.1) is 0 Å². The number of benzene rings is 1. The molecule has 2 rings (SSSR count). The van der Waals surface area contributed by atoms with Gasteiger partial charge in [-0.25, -0.2) is 9.07 Å². The van der Waals surface area contributed by atoms with Crippen LogP contribution in [0.5, 0.6) is 0 Å². The van der Waals surface area contributed by atoms with Crippen molar-refractivity contribution in [2.45, 2.75) is 6.92 Å². The Hall–Kier alpha value is -2.44. The fraction of sp³-hybridized carbons (Fsp3) is 0.100. The number of hydrogen-bond donors (Lipinski definition) is 1. The van der Waals surface area contributed by atoms with Gasteiger partial charge in [-0.05, 0) is 19.1 Å². The van der Waals surface area contributed by atoms with Crippen LogP contribution in [-0.2, 0) is 0 Å². The van der Waals surface area contributed by atoms with Gasteiger partial charge in [0.05, 0.1) is 11.0 Å². The molecule has 0 spiro atoms. The first kappa shape index (κ1) is 11.1. The van der Waals surface area contributed by atoms with E-state index in [1.54, 1.807) is 13.0 Å². The van der Waals surface area contributed by atoms with E-state index in [0.717, 1.165) is 12.1 Å². The number of anilines is 1. The SMILES string of the molecule is Cc1cc(N)nn1-c1ccc(F)cc1[N+](=O)[O-]. The van der Waals surface area contributed by atoms with Gasteiger partial charge in [0.2, 0.25) is 0 Å². The number of aryl methyl sites for hydroxylation is 1.